The molecule has 0 radical (unpaired) electrons. The Labute approximate surface area is 254 Å². The Balaban J connectivity index is 1.56. The Morgan fingerprint density at radius 2 is 1.56 bits per heavy atom. The Morgan fingerprint density at radius 3 is 2.14 bits per heavy atom. The summed E-state index contributed by atoms with van der Waals surface area (Å²) in [5, 5.41) is 10.5. The molecule has 0 spiro atoms. The van der Waals surface area contributed by atoms with Gasteiger partial charge in [-0.2, -0.15) is 13.5 Å². The van der Waals surface area contributed by atoms with Crippen molar-refractivity contribution in [2.45, 2.75) is 24.1 Å². The fourth-order valence-corrected chi connectivity index (χ4v) is 6.54. The van der Waals surface area contributed by atoms with Gasteiger partial charge in [0.25, 0.3) is 10.0 Å². The number of nitrogens with zero attached hydrogens (tertiary/aromatic N) is 7. The lowest BCUT2D eigenvalue weighted by Gasteiger charge is -2.20. The van der Waals surface area contributed by atoms with Crippen molar-refractivity contribution in [2.75, 3.05) is 19.0 Å². The Morgan fingerprint density at radius 1 is 0.930 bits per heavy atom. The predicted octanol–water partition coefficient (Wildman–Crippen LogP) is 4.74. The molecule has 11 nitrogen and oxygen atoms in total. The fourth-order valence-electron chi connectivity index (χ4n) is 4.36. The standard InChI is InChI=1S/C30H29N7O4S2/c1-21(38)36(25-13-9-6-10-14-25)30-33-37(22(2)39)29(42-30)27-19-35(32-28(27)23-11-7-5-8-12-23)24-15-17-26(18-16-24)43(40,41)31-20-34(3)4/h5-20,29H,1-4H3. The van der Waals surface area contributed by atoms with Gasteiger partial charge in [0.05, 0.1) is 22.0 Å². The van der Waals surface area contributed by atoms with Crippen LogP contribution in [0, 0.1) is 0 Å². The van der Waals surface area contributed by atoms with Crippen LogP contribution >= 0.6 is 11.8 Å². The summed E-state index contributed by atoms with van der Waals surface area (Å²) in [4.78, 5) is 28.7. The highest BCUT2D eigenvalue weighted by atomic mass is 32.2. The van der Waals surface area contributed by atoms with Crippen LogP contribution in [0.3, 0.4) is 0 Å². The summed E-state index contributed by atoms with van der Waals surface area (Å²) in [5.41, 5.74) is 3.36. The van der Waals surface area contributed by atoms with Crippen molar-refractivity contribution < 1.29 is 18.0 Å². The molecule has 2 heterocycles. The smallest absolute Gasteiger partial charge is 0.283 e. The zero-order valence-electron chi connectivity index (χ0n) is 23.9. The Kier molecular flexibility index (Phi) is 8.46. The van der Waals surface area contributed by atoms with Crippen LogP contribution in [0.2, 0.25) is 0 Å². The normalized spacial score (nSPS) is 15.0. The van der Waals surface area contributed by atoms with Gasteiger partial charge in [0, 0.05) is 45.3 Å². The van der Waals surface area contributed by atoms with Crippen molar-refractivity contribution in [1.29, 1.82) is 0 Å². The topological polar surface area (TPSA) is 121 Å². The van der Waals surface area contributed by atoms with Crippen LogP contribution in [0.1, 0.15) is 24.8 Å². The minimum atomic E-state index is -3.87. The van der Waals surface area contributed by atoms with E-state index in [1.807, 2.05) is 48.5 Å². The molecule has 2 amide bonds. The maximum Gasteiger partial charge on any atom is 0.283 e. The van der Waals surface area contributed by atoms with E-state index in [0.717, 1.165) is 5.56 Å². The molecule has 0 bridgehead atoms. The number of hydrazone groups is 1. The molecular weight excluding hydrogens is 587 g/mol. The van der Waals surface area contributed by atoms with Gasteiger partial charge in [-0.15, -0.1) is 9.50 Å². The number of amides is 2. The predicted molar refractivity (Wildman–Crippen MR) is 168 cm³/mol. The summed E-state index contributed by atoms with van der Waals surface area (Å²) in [5.74, 6) is -0.547. The zero-order chi connectivity index (χ0) is 30.7. The number of anilines is 1. The van der Waals surface area contributed by atoms with Gasteiger partial charge in [-0.3, -0.25) is 14.5 Å². The summed E-state index contributed by atoms with van der Waals surface area (Å²) in [6.45, 7) is 2.87. The summed E-state index contributed by atoms with van der Waals surface area (Å²) in [6, 6.07) is 24.9. The van der Waals surface area contributed by atoms with Crippen molar-refractivity contribution in [3.63, 3.8) is 0 Å². The summed E-state index contributed by atoms with van der Waals surface area (Å²) >= 11 is 1.27. The number of thioether (sulfide) groups is 1. The van der Waals surface area contributed by atoms with E-state index >= 15 is 0 Å². The van der Waals surface area contributed by atoms with E-state index in [0.29, 0.717) is 27.8 Å². The quantitative estimate of drug-likeness (QED) is 0.218. The monoisotopic (exact) mass is 615 g/mol. The van der Waals surface area contributed by atoms with E-state index < -0.39 is 15.4 Å². The molecule has 1 aliphatic rings. The molecule has 1 aromatic heterocycles. The molecule has 4 aromatic rings. The third-order valence-electron chi connectivity index (χ3n) is 6.35. The van der Waals surface area contributed by atoms with Crippen LogP contribution in [0.25, 0.3) is 16.9 Å². The molecule has 0 saturated heterocycles. The highest BCUT2D eigenvalue weighted by Gasteiger charge is 2.38. The number of para-hydroxylation sites is 1. The van der Waals surface area contributed by atoms with E-state index in [1.165, 1.54) is 58.9 Å². The van der Waals surface area contributed by atoms with Gasteiger partial charge in [0.15, 0.2) is 5.17 Å². The Hall–Kier alpha value is -4.75. The molecule has 1 atom stereocenters. The number of hydrogen-bond acceptors (Lipinski definition) is 7. The zero-order valence-corrected chi connectivity index (χ0v) is 25.5. The van der Waals surface area contributed by atoms with Crippen LogP contribution in [-0.4, -0.2) is 65.5 Å². The van der Waals surface area contributed by atoms with Crippen molar-refractivity contribution >= 4 is 50.8 Å². The first-order chi connectivity index (χ1) is 20.5. The van der Waals surface area contributed by atoms with Gasteiger partial charge >= 0.3 is 0 Å². The maximum atomic E-state index is 12.9. The summed E-state index contributed by atoms with van der Waals surface area (Å²) < 4.78 is 30.5. The number of carbonyl (C=O) groups is 2. The third-order valence-corrected chi connectivity index (χ3v) is 8.74. The number of carbonyl (C=O) groups excluding carboxylic acids is 2. The van der Waals surface area contributed by atoms with Gasteiger partial charge in [-0.05, 0) is 36.4 Å². The second-order valence-corrected chi connectivity index (χ2v) is 12.5. The first-order valence-corrected chi connectivity index (χ1v) is 15.5. The second-order valence-electron chi connectivity index (χ2n) is 9.80. The number of aromatic nitrogens is 2. The van der Waals surface area contributed by atoms with Crippen molar-refractivity contribution in [3.05, 3.63) is 96.7 Å². The van der Waals surface area contributed by atoms with Gasteiger partial charge in [-0.1, -0.05) is 60.3 Å². The number of sulfonamides is 1. The molecule has 5 rings (SSSR count). The summed E-state index contributed by atoms with van der Waals surface area (Å²) in [6.07, 6.45) is 3.03. The molecule has 0 fully saturated rings. The highest BCUT2D eigenvalue weighted by molar-refractivity contribution is 8.14. The van der Waals surface area contributed by atoms with Gasteiger partial charge in [0.2, 0.25) is 11.8 Å². The lowest BCUT2D eigenvalue weighted by atomic mass is 10.1. The fraction of sp³-hybridized carbons (Fsp3) is 0.167. The third kappa shape index (κ3) is 6.37. The van der Waals surface area contributed by atoms with Crippen LogP contribution in [0.4, 0.5) is 5.69 Å². The first-order valence-electron chi connectivity index (χ1n) is 13.2. The molecule has 13 heteroatoms. The number of hydrogen-bond donors (Lipinski definition) is 0. The minimum Gasteiger partial charge on any atom is -0.368 e. The van der Waals surface area contributed by atoms with Crippen LogP contribution in [0.5, 0.6) is 0 Å². The number of amidine groups is 1. The molecule has 220 valence electrons. The maximum absolute atomic E-state index is 12.9. The van der Waals surface area contributed by atoms with Crippen molar-refractivity contribution in [3.8, 4) is 16.9 Å². The van der Waals surface area contributed by atoms with E-state index in [-0.39, 0.29) is 16.7 Å². The van der Waals surface area contributed by atoms with Crippen LogP contribution < -0.4 is 4.90 Å². The Bertz CT molecular complexity index is 1800. The molecule has 1 aliphatic heterocycles. The van der Waals surface area contributed by atoms with E-state index in [2.05, 4.69) is 9.50 Å². The van der Waals surface area contributed by atoms with E-state index in [1.54, 1.807) is 49.2 Å². The van der Waals surface area contributed by atoms with Crippen molar-refractivity contribution in [1.82, 2.24) is 19.7 Å². The average molecular weight is 616 g/mol. The largest absolute Gasteiger partial charge is 0.368 e. The number of rotatable bonds is 7. The second kappa shape index (κ2) is 12.2. The molecule has 43 heavy (non-hydrogen) atoms. The first kappa shape index (κ1) is 29.7. The molecule has 0 N–H and O–H groups in total. The molecule has 1 unspecified atom stereocenters. The van der Waals surface area contributed by atoms with Crippen LogP contribution in [-0.2, 0) is 19.6 Å². The van der Waals surface area contributed by atoms with Gasteiger partial charge in [-0.25, -0.2) is 9.69 Å². The molecule has 0 aliphatic carbocycles. The van der Waals surface area contributed by atoms with E-state index in [9.17, 15) is 18.0 Å². The summed E-state index contributed by atoms with van der Waals surface area (Å²) in [7, 11) is -0.500. The lowest BCUT2D eigenvalue weighted by Crippen LogP contribution is -2.32. The van der Waals surface area contributed by atoms with Gasteiger partial charge < -0.3 is 4.90 Å². The SMILES string of the molecule is CC(=O)N(C1=NN(C(C)=O)C(c2cn(-c3ccc(S(=O)(=O)N=CN(C)C)cc3)nc2-c2ccccc2)S1)c1ccccc1. The molecular formula is C30H29N7O4S2. The lowest BCUT2D eigenvalue weighted by molar-refractivity contribution is -0.129. The molecule has 0 saturated carbocycles. The molecule has 3 aromatic carbocycles. The average Bonchev–Trinajstić information content (AvgIpc) is 3.63. The van der Waals surface area contributed by atoms with Crippen LogP contribution in [0.15, 0.2) is 106 Å². The van der Waals surface area contributed by atoms with Gasteiger partial charge in [0.1, 0.15) is 11.7 Å². The highest BCUT2D eigenvalue weighted by Crippen LogP contribution is 2.44. The van der Waals surface area contributed by atoms with E-state index in [4.69, 9.17) is 5.10 Å². The van der Waals surface area contributed by atoms with Crippen molar-refractivity contribution in [2.24, 2.45) is 9.50 Å². The number of benzene rings is 3. The minimum absolute atomic E-state index is 0.0439.